The molecule has 0 atom stereocenters. The smallest absolute Gasteiger partial charge is 0.269 e. The first-order valence-electron chi connectivity index (χ1n) is 6.50. The third-order valence-corrected chi connectivity index (χ3v) is 3.14. The lowest BCUT2D eigenvalue weighted by molar-refractivity contribution is -0.384. The summed E-state index contributed by atoms with van der Waals surface area (Å²) in [4.78, 5) is 10.2. The lowest BCUT2D eigenvalue weighted by Crippen LogP contribution is -2.27. The molecule has 0 aliphatic heterocycles. The minimum absolute atomic E-state index is 0.0908. The van der Waals surface area contributed by atoms with Gasteiger partial charge in [-0.2, -0.15) is 0 Å². The van der Waals surface area contributed by atoms with Crippen molar-refractivity contribution in [1.29, 1.82) is 0 Å². The number of benzene rings is 2. The minimum atomic E-state index is -0.404. The summed E-state index contributed by atoms with van der Waals surface area (Å²) in [5, 5.41) is 17.3. The SMILES string of the molecule is CCNC(=S)Nc1ccc(-c2ccc([N+](=O)[O-])cc2)cc1. The highest BCUT2D eigenvalue weighted by Crippen LogP contribution is 2.23. The van der Waals surface area contributed by atoms with Crippen LogP contribution in [0.25, 0.3) is 11.1 Å². The van der Waals surface area contributed by atoms with Crippen molar-refractivity contribution in [3.63, 3.8) is 0 Å². The van der Waals surface area contributed by atoms with E-state index in [0.29, 0.717) is 5.11 Å². The quantitative estimate of drug-likeness (QED) is 0.513. The molecule has 0 spiro atoms. The van der Waals surface area contributed by atoms with Crippen molar-refractivity contribution < 1.29 is 4.92 Å². The molecule has 2 rings (SSSR count). The summed E-state index contributed by atoms with van der Waals surface area (Å²) in [5.41, 5.74) is 2.91. The second-order valence-corrected chi connectivity index (χ2v) is 4.77. The predicted octanol–water partition coefficient (Wildman–Crippen LogP) is 3.57. The van der Waals surface area contributed by atoms with Gasteiger partial charge < -0.3 is 10.6 Å². The third-order valence-electron chi connectivity index (χ3n) is 2.89. The highest BCUT2D eigenvalue weighted by molar-refractivity contribution is 7.80. The van der Waals surface area contributed by atoms with Crippen molar-refractivity contribution in [2.24, 2.45) is 0 Å². The summed E-state index contributed by atoms with van der Waals surface area (Å²) >= 11 is 5.11. The molecule has 2 N–H and O–H groups in total. The number of hydrogen-bond donors (Lipinski definition) is 2. The van der Waals surface area contributed by atoms with Gasteiger partial charge in [0.1, 0.15) is 0 Å². The van der Waals surface area contributed by atoms with Crippen LogP contribution in [-0.4, -0.2) is 16.6 Å². The lowest BCUT2D eigenvalue weighted by atomic mass is 10.1. The van der Waals surface area contributed by atoms with Crippen molar-refractivity contribution in [2.75, 3.05) is 11.9 Å². The van der Waals surface area contributed by atoms with Crippen molar-refractivity contribution in [3.8, 4) is 11.1 Å². The molecule has 5 nitrogen and oxygen atoms in total. The van der Waals surface area contributed by atoms with Gasteiger partial charge in [-0.25, -0.2) is 0 Å². The molecule has 0 heterocycles. The molecular formula is C15H15N3O2S. The van der Waals surface area contributed by atoms with Crippen LogP contribution in [-0.2, 0) is 0 Å². The Morgan fingerprint density at radius 3 is 2.10 bits per heavy atom. The second kappa shape index (κ2) is 6.81. The van der Waals surface area contributed by atoms with E-state index < -0.39 is 4.92 Å². The molecule has 0 unspecified atom stereocenters. The maximum absolute atomic E-state index is 10.6. The minimum Gasteiger partial charge on any atom is -0.363 e. The molecule has 0 aromatic heterocycles. The summed E-state index contributed by atoms with van der Waals surface area (Å²) in [6.07, 6.45) is 0. The van der Waals surface area contributed by atoms with E-state index in [-0.39, 0.29) is 5.69 Å². The Morgan fingerprint density at radius 2 is 1.62 bits per heavy atom. The van der Waals surface area contributed by atoms with Crippen molar-refractivity contribution >= 4 is 28.7 Å². The highest BCUT2D eigenvalue weighted by Gasteiger charge is 2.05. The Hall–Kier alpha value is -2.47. The normalized spacial score (nSPS) is 9.95. The first kappa shape index (κ1) is 14.9. The summed E-state index contributed by atoms with van der Waals surface area (Å²) in [7, 11) is 0. The van der Waals surface area contributed by atoms with E-state index in [9.17, 15) is 10.1 Å². The predicted molar refractivity (Wildman–Crippen MR) is 88.4 cm³/mol. The van der Waals surface area contributed by atoms with Gasteiger partial charge in [-0.15, -0.1) is 0 Å². The van der Waals surface area contributed by atoms with Crippen molar-refractivity contribution in [1.82, 2.24) is 5.32 Å². The zero-order valence-corrected chi connectivity index (χ0v) is 12.3. The van der Waals surface area contributed by atoms with Gasteiger partial charge in [0, 0.05) is 24.4 Å². The number of thiocarbonyl (C=S) groups is 1. The van der Waals surface area contributed by atoms with E-state index in [1.165, 1.54) is 12.1 Å². The van der Waals surface area contributed by atoms with Gasteiger partial charge in [-0.1, -0.05) is 12.1 Å². The third kappa shape index (κ3) is 4.00. The van der Waals surface area contributed by atoms with E-state index in [4.69, 9.17) is 12.2 Å². The molecule has 2 aromatic carbocycles. The van der Waals surface area contributed by atoms with Crippen molar-refractivity contribution in [2.45, 2.75) is 6.92 Å². The van der Waals surface area contributed by atoms with E-state index in [2.05, 4.69) is 10.6 Å². The molecule has 6 heteroatoms. The van der Waals surface area contributed by atoms with Gasteiger partial charge in [-0.3, -0.25) is 10.1 Å². The van der Waals surface area contributed by atoms with Gasteiger partial charge in [0.25, 0.3) is 5.69 Å². The van der Waals surface area contributed by atoms with Crippen LogP contribution in [0, 0.1) is 10.1 Å². The lowest BCUT2D eigenvalue weighted by Gasteiger charge is -2.09. The Kier molecular flexibility index (Phi) is 4.84. The molecule has 21 heavy (non-hydrogen) atoms. The standard InChI is InChI=1S/C15H15N3O2S/c1-2-16-15(21)17-13-7-3-11(4-8-13)12-5-9-14(10-6-12)18(19)20/h3-10H,2H2,1H3,(H2,16,17,21). The number of non-ortho nitro benzene ring substituents is 1. The van der Waals surface area contributed by atoms with Gasteiger partial charge >= 0.3 is 0 Å². The van der Waals surface area contributed by atoms with Crippen LogP contribution in [0.15, 0.2) is 48.5 Å². The summed E-state index contributed by atoms with van der Waals surface area (Å²) < 4.78 is 0. The molecule has 0 saturated heterocycles. The van der Waals surface area contributed by atoms with Crippen LogP contribution in [0.1, 0.15) is 6.92 Å². The molecule has 2 aromatic rings. The zero-order valence-electron chi connectivity index (χ0n) is 11.5. The fourth-order valence-electron chi connectivity index (χ4n) is 1.86. The first-order chi connectivity index (χ1) is 10.1. The number of rotatable bonds is 4. The van der Waals surface area contributed by atoms with Crippen LogP contribution in [0.5, 0.6) is 0 Å². The van der Waals surface area contributed by atoms with Gasteiger partial charge in [0.05, 0.1) is 4.92 Å². The Bertz CT molecular complexity index is 639. The van der Waals surface area contributed by atoms with Crippen LogP contribution in [0.4, 0.5) is 11.4 Å². The molecule has 0 fully saturated rings. The fraction of sp³-hybridized carbons (Fsp3) is 0.133. The number of nitro groups is 1. The first-order valence-corrected chi connectivity index (χ1v) is 6.90. The number of nitrogens with one attached hydrogen (secondary N) is 2. The molecule has 0 aliphatic rings. The largest absolute Gasteiger partial charge is 0.363 e. The van der Waals surface area contributed by atoms with E-state index in [1.807, 2.05) is 31.2 Å². The molecule has 0 aliphatic carbocycles. The average molecular weight is 301 g/mol. The number of nitrogens with zero attached hydrogens (tertiary/aromatic N) is 1. The second-order valence-electron chi connectivity index (χ2n) is 4.37. The van der Waals surface area contributed by atoms with Gasteiger partial charge in [0.2, 0.25) is 0 Å². The van der Waals surface area contributed by atoms with E-state index >= 15 is 0 Å². The molecule has 0 amide bonds. The fourth-order valence-corrected chi connectivity index (χ4v) is 2.12. The van der Waals surface area contributed by atoms with Crippen LogP contribution in [0.3, 0.4) is 0 Å². The number of nitro benzene ring substituents is 1. The molecule has 108 valence electrons. The monoisotopic (exact) mass is 301 g/mol. The molecule has 0 saturated carbocycles. The number of anilines is 1. The zero-order chi connectivity index (χ0) is 15.2. The maximum Gasteiger partial charge on any atom is 0.269 e. The topological polar surface area (TPSA) is 67.2 Å². The molecule has 0 radical (unpaired) electrons. The van der Waals surface area contributed by atoms with Crippen LogP contribution in [0.2, 0.25) is 0 Å². The Balaban J connectivity index is 2.11. The number of hydrogen-bond acceptors (Lipinski definition) is 3. The Morgan fingerprint density at radius 1 is 1.10 bits per heavy atom. The van der Waals surface area contributed by atoms with Gasteiger partial charge in [0.15, 0.2) is 5.11 Å². The molecular weight excluding hydrogens is 286 g/mol. The maximum atomic E-state index is 10.6. The summed E-state index contributed by atoms with van der Waals surface area (Å²) in [5.74, 6) is 0. The van der Waals surface area contributed by atoms with Crippen molar-refractivity contribution in [3.05, 3.63) is 58.6 Å². The van der Waals surface area contributed by atoms with Crippen LogP contribution < -0.4 is 10.6 Å². The van der Waals surface area contributed by atoms with Crippen LogP contribution >= 0.6 is 12.2 Å². The van der Waals surface area contributed by atoms with Gasteiger partial charge in [-0.05, 0) is 54.5 Å². The molecule has 0 bridgehead atoms. The summed E-state index contributed by atoms with van der Waals surface area (Å²) in [6, 6.07) is 14.2. The highest BCUT2D eigenvalue weighted by atomic mass is 32.1. The van der Waals surface area contributed by atoms with E-state index in [1.54, 1.807) is 12.1 Å². The van der Waals surface area contributed by atoms with E-state index in [0.717, 1.165) is 23.4 Å². The average Bonchev–Trinajstić information content (AvgIpc) is 2.48. The summed E-state index contributed by atoms with van der Waals surface area (Å²) in [6.45, 7) is 2.75. The Labute approximate surface area is 128 Å².